The van der Waals surface area contributed by atoms with E-state index in [0.717, 1.165) is 31.2 Å². The highest BCUT2D eigenvalue weighted by atomic mass is 79.9. The zero-order valence-electron chi connectivity index (χ0n) is 10.3. The van der Waals surface area contributed by atoms with Crippen molar-refractivity contribution in [3.8, 4) is 0 Å². The standard InChI is InChI=1S/C15H10Br4O/c16-7-9-5-11(18)1-3-13(9)15(20)14-4-2-12(19)6-10(14)8-17/h1-6H,7-8H2. The van der Waals surface area contributed by atoms with Gasteiger partial charge in [0.15, 0.2) is 5.78 Å². The Hall–Kier alpha value is 0.0300. The van der Waals surface area contributed by atoms with Gasteiger partial charge >= 0.3 is 0 Å². The third kappa shape index (κ3) is 3.62. The van der Waals surface area contributed by atoms with Crippen molar-refractivity contribution in [2.75, 3.05) is 0 Å². The Morgan fingerprint density at radius 3 is 1.55 bits per heavy atom. The molecule has 0 N–H and O–H groups in total. The highest BCUT2D eigenvalue weighted by Crippen LogP contribution is 2.25. The van der Waals surface area contributed by atoms with E-state index < -0.39 is 0 Å². The van der Waals surface area contributed by atoms with E-state index in [1.165, 1.54) is 0 Å². The molecule has 0 bridgehead atoms. The summed E-state index contributed by atoms with van der Waals surface area (Å²) < 4.78 is 1.94. The van der Waals surface area contributed by atoms with Crippen molar-refractivity contribution in [2.24, 2.45) is 0 Å². The van der Waals surface area contributed by atoms with E-state index in [4.69, 9.17) is 0 Å². The van der Waals surface area contributed by atoms with E-state index in [1.54, 1.807) is 0 Å². The van der Waals surface area contributed by atoms with Crippen LogP contribution in [0.15, 0.2) is 45.3 Å². The van der Waals surface area contributed by atoms with Crippen molar-refractivity contribution in [3.05, 3.63) is 67.6 Å². The Bertz CT molecular complexity index is 597. The first-order valence-electron chi connectivity index (χ1n) is 5.80. The lowest BCUT2D eigenvalue weighted by molar-refractivity contribution is 0.103. The lowest BCUT2D eigenvalue weighted by Gasteiger charge is -2.10. The summed E-state index contributed by atoms with van der Waals surface area (Å²) in [4.78, 5) is 12.8. The summed E-state index contributed by atoms with van der Waals surface area (Å²) in [5, 5.41) is 1.29. The lowest BCUT2D eigenvalue weighted by atomic mass is 9.96. The predicted molar refractivity (Wildman–Crippen MR) is 97.0 cm³/mol. The van der Waals surface area contributed by atoms with Crippen LogP contribution in [0.4, 0.5) is 0 Å². The highest BCUT2D eigenvalue weighted by molar-refractivity contribution is 9.11. The van der Waals surface area contributed by atoms with Crippen molar-refractivity contribution < 1.29 is 4.79 Å². The van der Waals surface area contributed by atoms with Crippen LogP contribution in [0.5, 0.6) is 0 Å². The molecule has 0 radical (unpaired) electrons. The second kappa shape index (κ2) is 7.34. The Kier molecular flexibility index (Phi) is 6.02. The normalized spacial score (nSPS) is 10.6. The molecule has 20 heavy (non-hydrogen) atoms. The van der Waals surface area contributed by atoms with Crippen molar-refractivity contribution in [3.63, 3.8) is 0 Å². The number of halogens is 4. The van der Waals surface area contributed by atoms with E-state index >= 15 is 0 Å². The number of carbonyl (C=O) groups is 1. The van der Waals surface area contributed by atoms with Crippen molar-refractivity contribution >= 4 is 69.5 Å². The molecular weight excluding hydrogens is 516 g/mol. The summed E-state index contributed by atoms with van der Waals surface area (Å²) in [5.41, 5.74) is 3.42. The largest absolute Gasteiger partial charge is 0.289 e. The SMILES string of the molecule is O=C(c1ccc(Br)cc1CBr)c1ccc(Br)cc1CBr. The summed E-state index contributed by atoms with van der Waals surface area (Å²) >= 11 is 13.8. The minimum absolute atomic E-state index is 0.0499. The van der Waals surface area contributed by atoms with Gasteiger partial charge in [0.1, 0.15) is 0 Å². The van der Waals surface area contributed by atoms with E-state index in [2.05, 4.69) is 63.7 Å². The Morgan fingerprint density at radius 1 is 0.800 bits per heavy atom. The summed E-state index contributed by atoms with van der Waals surface area (Å²) in [6, 6.07) is 11.5. The number of rotatable bonds is 4. The van der Waals surface area contributed by atoms with Crippen LogP contribution in [0.1, 0.15) is 27.0 Å². The summed E-state index contributed by atoms with van der Waals surface area (Å²) in [6.07, 6.45) is 0. The van der Waals surface area contributed by atoms with Crippen LogP contribution in [-0.4, -0.2) is 5.78 Å². The van der Waals surface area contributed by atoms with Gasteiger partial charge in [-0.05, 0) is 47.5 Å². The third-order valence-electron chi connectivity index (χ3n) is 2.91. The van der Waals surface area contributed by atoms with Gasteiger partial charge in [-0.2, -0.15) is 0 Å². The minimum Gasteiger partial charge on any atom is -0.289 e. The molecule has 2 rings (SSSR count). The van der Waals surface area contributed by atoms with Crippen LogP contribution in [-0.2, 0) is 10.7 Å². The van der Waals surface area contributed by atoms with E-state index in [1.807, 2.05) is 36.4 Å². The van der Waals surface area contributed by atoms with Crippen molar-refractivity contribution in [2.45, 2.75) is 10.7 Å². The molecule has 0 unspecified atom stereocenters. The van der Waals surface area contributed by atoms with Gasteiger partial charge < -0.3 is 0 Å². The van der Waals surface area contributed by atoms with Gasteiger partial charge in [-0.25, -0.2) is 0 Å². The number of hydrogen-bond donors (Lipinski definition) is 0. The Labute approximate surface area is 151 Å². The maximum absolute atomic E-state index is 12.8. The van der Waals surface area contributed by atoms with Gasteiger partial charge in [-0.3, -0.25) is 4.79 Å². The predicted octanol–water partition coefficient (Wildman–Crippen LogP) is 6.23. The molecule has 0 aliphatic carbocycles. The smallest absolute Gasteiger partial charge is 0.193 e. The zero-order valence-corrected chi connectivity index (χ0v) is 16.6. The molecule has 0 aromatic heterocycles. The minimum atomic E-state index is 0.0499. The molecule has 0 heterocycles. The molecule has 0 amide bonds. The first-order valence-corrected chi connectivity index (χ1v) is 9.63. The second-order valence-corrected chi connectivity index (χ2v) is 7.15. The van der Waals surface area contributed by atoms with Crippen molar-refractivity contribution in [1.82, 2.24) is 0 Å². The molecule has 0 atom stereocenters. The molecule has 0 spiro atoms. The van der Waals surface area contributed by atoms with Crippen LogP contribution in [0.2, 0.25) is 0 Å². The Balaban J connectivity index is 2.51. The fourth-order valence-electron chi connectivity index (χ4n) is 1.93. The molecule has 0 aliphatic rings. The first-order chi connectivity index (χ1) is 9.56. The third-order valence-corrected chi connectivity index (χ3v) is 5.11. The van der Waals surface area contributed by atoms with Crippen molar-refractivity contribution in [1.29, 1.82) is 0 Å². The number of carbonyl (C=O) groups excluding carboxylic acids is 1. The van der Waals surface area contributed by atoms with Crippen LogP contribution in [0, 0.1) is 0 Å². The summed E-state index contributed by atoms with van der Waals surface area (Å²) in [7, 11) is 0. The van der Waals surface area contributed by atoms with Gasteiger partial charge in [-0.15, -0.1) is 0 Å². The van der Waals surface area contributed by atoms with E-state index in [0.29, 0.717) is 10.7 Å². The molecule has 1 nitrogen and oxygen atoms in total. The Morgan fingerprint density at radius 2 is 1.20 bits per heavy atom. The molecule has 5 heteroatoms. The monoisotopic (exact) mass is 522 g/mol. The maximum Gasteiger partial charge on any atom is 0.193 e. The molecule has 0 saturated carbocycles. The fourth-order valence-corrected chi connectivity index (χ4v) is 3.68. The molecule has 2 aromatic rings. The lowest BCUT2D eigenvalue weighted by Crippen LogP contribution is -2.07. The maximum atomic E-state index is 12.8. The van der Waals surface area contributed by atoms with Gasteiger partial charge in [0.2, 0.25) is 0 Å². The molecule has 0 saturated heterocycles. The van der Waals surface area contributed by atoms with Gasteiger partial charge in [0.05, 0.1) is 0 Å². The molecule has 104 valence electrons. The van der Waals surface area contributed by atoms with Crippen LogP contribution in [0.25, 0.3) is 0 Å². The number of hydrogen-bond acceptors (Lipinski definition) is 1. The number of alkyl halides is 2. The number of benzene rings is 2. The van der Waals surface area contributed by atoms with Gasteiger partial charge in [0, 0.05) is 30.7 Å². The van der Waals surface area contributed by atoms with E-state index in [9.17, 15) is 4.79 Å². The highest BCUT2D eigenvalue weighted by Gasteiger charge is 2.16. The summed E-state index contributed by atoms with van der Waals surface area (Å²) in [6.45, 7) is 0. The van der Waals surface area contributed by atoms with Crippen LogP contribution >= 0.6 is 63.7 Å². The van der Waals surface area contributed by atoms with E-state index in [-0.39, 0.29) is 5.78 Å². The number of ketones is 1. The molecule has 2 aromatic carbocycles. The van der Waals surface area contributed by atoms with Gasteiger partial charge in [0.25, 0.3) is 0 Å². The second-order valence-electron chi connectivity index (χ2n) is 4.20. The average molecular weight is 526 g/mol. The molecular formula is C15H10Br4O. The van der Waals surface area contributed by atoms with Gasteiger partial charge in [-0.1, -0.05) is 63.7 Å². The first kappa shape index (κ1) is 16.4. The fraction of sp³-hybridized carbons (Fsp3) is 0.133. The quantitative estimate of drug-likeness (QED) is 0.341. The topological polar surface area (TPSA) is 17.1 Å². The average Bonchev–Trinajstić information content (AvgIpc) is 2.46. The van der Waals surface area contributed by atoms with Crippen LogP contribution in [0.3, 0.4) is 0 Å². The van der Waals surface area contributed by atoms with Crippen LogP contribution < -0.4 is 0 Å². The molecule has 0 fully saturated rings. The summed E-state index contributed by atoms with van der Waals surface area (Å²) in [5.74, 6) is 0.0499. The zero-order chi connectivity index (χ0) is 14.7. The molecule has 0 aliphatic heterocycles.